The number of imide groups is 1. The zero-order chi connectivity index (χ0) is 20.9. The molecule has 3 amide bonds. The number of ether oxygens (including phenoxy) is 1. The van der Waals surface area contributed by atoms with Crippen molar-refractivity contribution in [3.8, 4) is 17.2 Å². The molecule has 1 unspecified atom stereocenters. The second kappa shape index (κ2) is 9.27. The van der Waals surface area contributed by atoms with Gasteiger partial charge < -0.3 is 14.5 Å². The molecule has 0 aliphatic carbocycles. The minimum Gasteiger partial charge on any atom is -0.493 e. The number of urea groups is 1. The third-order valence-corrected chi connectivity index (χ3v) is 6.56. The molecule has 0 saturated carbocycles. The maximum Gasteiger partial charge on any atom is 0.321 e. The van der Waals surface area contributed by atoms with Crippen LogP contribution in [0.4, 0.5) is 4.79 Å². The molecule has 2 aromatic rings. The fourth-order valence-electron chi connectivity index (χ4n) is 2.72. The van der Waals surface area contributed by atoms with Crippen molar-refractivity contribution >= 4 is 33.5 Å². The number of para-hydroxylation sites is 1. The molecule has 1 fully saturated rings. The van der Waals surface area contributed by atoms with Crippen LogP contribution in [0.3, 0.4) is 0 Å². The van der Waals surface area contributed by atoms with Gasteiger partial charge in [0.25, 0.3) is 11.1 Å². The maximum atomic E-state index is 11.9. The van der Waals surface area contributed by atoms with E-state index < -0.39 is 27.8 Å². The molecule has 1 atom stereocenters. The molecule has 0 bridgehead atoms. The number of hydrogen-bond donors (Lipinski definition) is 2. The Morgan fingerprint density at radius 2 is 2.10 bits per heavy atom. The fraction of sp³-hybridized carbons (Fsp3) is 0.412. The first-order valence-electron chi connectivity index (χ1n) is 8.85. The number of carbonyl (C=O) groups excluding carboxylic acids is 2. The van der Waals surface area contributed by atoms with Gasteiger partial charge in [0.2, 0.25) is 5.91 Å². The summed E-state index contributed by atoms with van der Waals surface area (Å²) in [5.74, 6) is 0.106. The third-order valence-electron chi connectivity index (χ3n) is 3.97. The van der Waals surface area contributed by atoms with Gasteiger partial charge in [0.15, 0.2) is 9.84 Å². The van der Waals surface area contributed by atoms with E-state index in [4.69, 9.17) is 9.15 Å². The zero-order valence-electron chi connectivity index (χ0n) is 15.6. The van der Waals surface area contributed by atoms with E-state index in [1.54, 1.807) is 12.1 Å². The van der Waals surface area contributed by atoms with Gasteiger partial charge in [0.1, 0.15) is 5.75 Å². The van der Waals surface area contributed by atoms with Gasteiger partial charge in [-0.2, -0.15) is 0 Å². The predicted octanol–water partition coefficient (Wildman–Crippen LogP) is 1.24. The first-order chi connectivity index (χ1) is 13.9. The highest BCUT2D eigenvalue weighted by Crippen LogP contribution is 2.30. The zero-order valence-corrected chi connectivity index (χ0v) is 17.2. The highest BCUT2D eigenvalue weighted by atomic mass is 32.2. The van der Waals surface area contributed by atoms with E-state index in [0.717, 1.165) is 11.8 Å². The van der Waals surface area contributed by atoms with E-state index in [1.165, 1.54) is 0 Å². The number of nitrogens with zero attached hydrogens (tertiary/aromatic N) is 2. The van der Waals surface area contributed by atoms with E-state index in [-0.39, 0.29) is 28.4 Å². The minimum absolute atomic E-state index is 0.0354. The van der Waals surface area contributed by atoms with Crippen LogP contribution in [-0.2, 0) is 14.6 Å². The lowest BCUT2D eigenvalue weighted by atomic mass is 10.2. The molecule has 1 aliphatic rings. The van der Waals surface area contributed by atoms with Gasteiger partial charge in [-0.1, -0.05) is 23.9 Å². The Hall–Kier alpha value is -2.60. The van der Waals surface area contributed by atoms with Crippen LogP contribution in [0.15, 0.2) is 33.9 Å². The van der Waals surface area contributed by atoms with E-state index in [9.17, 15) is 18.0 Å². The molecule has 2 heterocycles. The first-order valence-corrected chi connectivity index (χ1v) is 11.7. The number of hydrogen-bond acceptors (Lipinski definition) is 9. The van der Waals surface area contributed by atoms with Crippen LogP contribution in [0.1, 0.15) is 13.3 Å². The smallest absolute Gasteiger partial charge is 0.321 e. The number of amides is 3. The quantitative estimate of drug-likeness (QED) is 0.608. The van der Waals surface area contributed by atoms with Gasteiger partial charge in [0.05, 0.1) is 29.4 Å². The Balaban J connectivity index is 1.49. The van der Waals surface area contributed by atoms with Crippen LogP contribution >= 0.6 is 11.8 Å². The van der Waals surface area contributed by atoms with E-state index in [0.29, 0.717) is 24.3 Å². The molecule has 0 radical (unpaired) electrons. The fourth-order valence-corrected chi connectivity index (χ4v) is 4.96. The number of benzene rings is 1. The number of thioether (sulfide) groups is 1. The van der Waals surface area contributed by atoms with Gasteiger partial charge in [-0.25, -0.2) is 13.2 Å². The molecule has 12 heteroatoms. The van der Waals surface area contributed by atoms with E-state index in [2.05, 4.69) is 20.8 Å². The van der Waals surface area contributed by atoms with Gasteiger partial charge in [-0.15, -0.1) is 10.2 Å². The normalized spacial score (nSPS) is 17.6. The molecule has 1 aromatic heterocycles. The molecule has 0 spiro atoms. The lowest BCUT2D eigenvalue weighted by Gasteiger charge is -2.10. The monoisotopic (exact) mass is 440 g/mol. The molecule has 29 heavy (non-hydrogen) atoms. The summed E-state index contributed by atoms with van der Waals surface area (Å²) in [5.41, 5.74) is 0.643. The summed E-state index contributed by atoms with van der Waals surface area (Å²) in [7, 11) is -3.11. The van der Waals surface area contributed by atoms with Crippen molar-refractivity contribution in [1.82, 2.24) is 20.8 Å². The molecule has 1 saturated heterocycles. The predicted molar refractivity (Wildman–Crippen MR) is 105 cm³/mol. The molecular weight excluding hydrogens is 420 g/mol. The van der Waals surface area contributed by atoms with Crippen LogP contribution in [0, 0.1) is 0 Å². The molecular formula is C17H20N4O6S2. The second-order valence-corrected chi connectivity index (χ2v) is 9.37. The summed E-state index contributed by atoms with van der Waals surface area (Å²) in [6.45, 7) is 2.36. The Morgan fingerprint density at radius 1 is 1.31 bits per heavy atom. The number of nitrogens with one attached hydrogen (secondary N) is 2. The second-order valence-electron chi connectivity index (χ2n) is 6.21. The van der Waals surface area contributed by atoms with Crippen LogP contribution in [0.2, 0.25) is 0 Å². The lowest BCUT2D eigenvalue weighted by molar-refractivity contribution is -0.117. The largest absolute Gasteiger partial charge is 0.493 e. The van der Waals surface area contributed by atoms with Gasteiger partial charge in [0, 0.05) is 6.04 Å². The highest BCUT2D eigenvalue weighted by molar-refractivity contribution is 7.99. The SMILES string of the molecule is CCOc1ccccc1-c1nnc(SCC(=O)NC(=O)NC2CCS(=O)(=O)C2)o1. The van der Waals surface area contributed by atoms with Crippen molar-refractivity contribution in [1.29, 1.82) is 0 Å². The average molecular weight is 441 g/mol. The Kier molecular flexibility index (Phi) is 6.75. The van der Waals surface area contributed by atoms with Crippen molar-refractivity contribution in [2.24, 2.45) is 0 Å². The van der Waals surface area contributed by atoms with E-state index in [1.807, 2.05) is 19.1 Å². The van der Waals surface area contributed by atoms with Crippen LogP contribution < -0.4 is 15.4 Å². The van der Waals surface area contributed by atoms with Gasteiger partial charge in [-0.3, -0.25) is 10.1 Å². The summed E-state index contributed by atoms with van der Waals surface area (Å²) in [5, 5.41) is 12.7. The molecule has 2 N–H and O–H groups in total. The number of sulfone groups is 1. The molecule has 3 rings (SSSR count). The summed E-state index contributed by atoms with van der Waals surface area (Å²) < 4.78 is 33.9. The number of rotatable bonds is 7. The average Bonchev–Trinajstić information content (AvgIpc) is 3.27. The third kappa shape index (κ3) is 5.94. The van der Waals surface area contributed by atoms with Crippen molar-refractivity contribution in [3.05, 3.63) is 24.3 Å². The van der Waals surface area contributed by atoms with Gasteiger partial charge in [-0.05, 0) is 25.5 Å². The Labute approximate surface area is 171 Å². The summed E-state index contributed by atoms with van der Waals surface area (Å²) in [6.07, 6.45) is 0.340. The Bertz CT molecular complexity index is 991. The van der Waals surface area contributed by atoms with Crippen molar-refractivity contribution in [2.75, 3.05) is 23.9 Å². The molecule has 1 aromatic carbocycles. The number of aromatic nitrogens is 2. The molecule has 156 valence electrons. The first kappa shape index (κ1) is 21.1. The van der Waals surface area contributed by atoms with Gasteiger partial charge >= 0.3 is 6.03 Å². The number of carbonyl (C=O) groups is 2. The summed E-state index contributed by atoms with van der Waals surface area (Å²) in [6, 6.07) is 6.01. The van der Waals surface area contributed by atoms with Crippen LogP contribution in [-0.4, -0.2) is 60.5 Å². The van der Waals surface area contributed by atoms with E-state index >= 15 is 0 Å². The molecule has 1 aliphatic heterocycles. The Morgan fingerprint density at radius 3 is 2.83 bits per heavy atom. The standard InChI is InChI=1S/C17H20N4O6S2/c1-2-26-13-6-4-3-5-12(13)15-20-21-17(27-15)28-9-14(22)19-16(23)18-11-7-8-29(24,25)10-11/h3-6,11H,2,7-10H2,1H3,(H2,18,19,22,23). The summed E-state index contributed by atoms with van der Waals surface area (Å²) >= 11 is 0.979. The topological polar surface area (TPSA) is 140 Å². The highest BCUT2D eigenvalue weighted by Gasteiger charge is 2.29. The lowest BCUT2D eigenvalue weighted by Crippen LogP contribution is -2.45. The molecule has 10 nitrogen and oxygen atoms in total. The maximum absolute atomic E-state index is 11.9. The van der Waals surface area contributed by atoms with Crippen LogP contribution in [0.25, 0.3) is 11.5 Å². The van der Waals surface area contributed by atoms with Crippen molar-refractivity contribution in [3.63, 3.8) is 0 Å². The van der Waals surface area contributed by atoms with Crippen LogP contribution in [0.5, 0.6) is 5.75 Å². The minimum atomic E-state index is -3.11. The summed E-state index contributed by atoms with van der Waals surface area (Å²) in [4.78, 5) is 23.7. The van der Waals surface area contributed by atoms with Crippen molar-refractivity contribution in [2.45, 2.75) is 24.6 Å². The van der Waals surface area contributed by atoms with Crippen molar-refractivity contribution < 1.29 is 27.2 Å².